The Balaban J connectivity index is 1.69. The van der Waals surface area contributed by atoms with Crippen LogP contribution < -0.4 is 5.32 Å². The zero-order chi connectivity index (χ0) is 13.9. The van der Waals surface area contributed by atoms with Gasteiger partial charge in [0.15, 0.2) is 0 Å². The van der Waals surface area contributed by atoms with Gasteiger partial charge in [0.2, 0.25) is 0 Å². The highest BCUT2D eigenvalue weighted by Crippen LogP contribution is 2.25. The summed E-state index contributed by atoms with van der Waals surface area (Å²) in [7, 11) is 0. The number of fused-ring (bicyclic) bond motifs is 1. The third-order valence-electron chi connectivity index (χ3n) is 4.06. The first-order chi connectivity index (χ1) is 9.74. The van der Waals surface area contributed by atoms with Crippen LogP contribution in [0.5, 0.6) is 0 Å². The highest BCUT2D eigenvalue weighted by atomic mass is 16.5. The van der Waals surface area contributed by atoms with E-state index in [9.17, 15) is 9.90 Å². The number of ether oxygens (including phenoxy) is 1. The van der Waals surface area contributed by atoms with Crippen LogP contribution in [0.15, 0.2) is 6.07 Å². The average molecular weight is 276 g/mol. The lowest BCUT2D eigenvalue weighted by molar-refractivity contribution is 0.0697. The summed E-state index contributed by atoms with van der Waals surface area (Å²) in [6, 6.07) is 1.78. The molecule has 20 heavy (non-hydrogen) atoms. The number of carbonyl (C=O) groups is 1. The lowest BCUT2D eigenvalue weighted by Crippen LogP contribution is -2.16. The summed E-state index contributed by atoms with van der Waals surface area (Å²) in [4.78, 5) is 15.8. The number of carboxylic acids is 1. The molecule has 2 N–H and O–H groups in total. The molecule has 0 saturated carbocycles. The van der Waals surface area contributed by atoms with Gasteiger partial charge in [0.1, 0.15) is 11.4 Å². The molecule has 108 valence electrons. The first-order valence-corrected chi connectivity index (χ1v) is 7.35. The Kier molecular flexibility index (Phi) is 3.87. The molecule has 3 rings (SSSR count). The average Bonchev–Trinajstić information content (AvgIpc) is 3.07. The molecule has 0 bridgehead atoms. The van der Waals surface area contributed by atoms with Crippen molar-refractivity contribution in [3.05, 3.63) is 22.9 Å². The van der Waals surface area contributed by atoms with Crippen molar-refractivity contribution in [1.29, 1.82) is 0 Å². The summed E-state index contributed by atoms with van der Waals surface area (Å²) in [5.41, 5.74) is 2.43. The monoisotopic (exact) mass is 276 g/mol. The molecule has 1 aromatic rings. The summed E-state index contributed by atoms with van der Waals surface area (Å²) in [5, 5.41) is 12.5. The zero-order valence-corrected chi connectivity index (χ0v) is 11.5. The molecule has 0 spiro atoms. The molecule has 1 aromatic heterocycles. The number of aromatic carboxylic acids is 1. The molecule has 1 fully saturated rings. The Labute approximate surface area is 118 Å². The highest BCUT2D eigenvalue weighted by Gasteiger charge is 2.20. The maximum Gasteiger partial charge on any atom is 0.339 e. The Bertz CT molecular complexity index is 510. The summed E-state index contributed by atoms with van der Waals surface area (Å²) < 4.78 is 5.57. The van der Waals surface area contributed by atoms with Gasteiger partial charge in [0, 0.05) is 18.8 Å². The number of aryl methyl sites for hydroxylation is 2. The highest BCUT2D eigenvalue weighted by molar-refractivity contribution is 5.93. The first kappa shape index (κ1) is 13.4. The molecule has 1 unspecified atom stereocenters. The van der Waals surface area contributed by atoms with E-state index in [1.807, 2.05) is 0 Å². The third kappa shape index (κ3) is 2.77. The number of hydrogen-bond donors (Lipinski definition) is 2. The van der Waals surface area contributed by atoms with Crippen molar-refractivity contribution in [3.8, 4) is 0 Å². The van der Waals surface area contributed by atoms with E-state index in [1.54, 1.807) is 6.07 Å². The van der Waals surface area contributed by atoms with Crippen molar-refractivity contribution in [2.45, 2.75) is 44.6 Å². The van der Waals surface area contributed by atoms with Crippen molar-refractivity contribution in [2.24, 2.45) is 0 Å². The van der Waals surface area contributed by atoms with E-state index in [0.29, 0.717) is 18.5 Å². The number of aromatic nitrogens is 1. The largest absolute Gasteiger partial charge is 0.478 e. The molecule has 2 heterocycles. The van der Waals surface area contributed by atoms with Crippen LogP contribution in [0.4, 0.5) is 5.82 Å². The summed E-state index contributed by atoms with van der Waals surface area (Å²) >= 11 is 0. The van der Waals surface area contributed by atoms with E-state index in [1.165, 1.54) is 0 Å². The number of hydrogen-bond acceptors (Lipinski definition) is 4. The van der Waals surface area contributed by atoms with E-state index >= 15 is 0 Å². The molecule has 5 nitrogen and oxygen atoms in total. The first-order valence-electron chi connectivity index (χ1n) is 7.35. The van der Waals surface area contributed by atoms with Gasteiger partial charge >= 0.3 is 5.97 Å². The fourth-order valence-electron chi connectivity index (χ4n) is 2.99. The van der Waals surface area contributed by atoms with Crippen LogP contribution in [0.1, 0.15) is 47.3 Å². The van der Waals surface area contributed by atoms with Crippen molar-refractivity contribution in [1.82, 2.24) is 4.98 Å². The van der Waals surface area contributed by atoms with Crippen molar-refractivity contribution in [2.75, 3.05) is 18.5 Å². The van der Waals surface area contributed by atoms with E-state index in [4.69, 9.17) is 4.74 Å². The lowest BCUT2D eigenvalue weighted by atomic mass is 10.1. The number of carboxylic acid groups (broad SMARTS) is 1. The van der Waals surface area contributed by atoms with Gasteiger partial charge < -0.3 is 15.2 Å². The van der Waals surface area contributed by atoms with Gasteiger partial charge in [-0.1, -0.05) is 0 Å². The van der Waals surface area contributed by atoms with E-state index in [-0.39, 0.29) is 5.56 Å². The van der Waals surface area contributed by atoms with Crippen LogP contribution in [0, 0.1) is 0 Å². The minimum atomic E-state index is -0.910. The molecule has 0 radical (unpaired) electrons. The summed E-state index contributed by atoms with van der Waals surface area (Å²) in [6.45, 7) is 1.55. The second-order valence-corrected chi connectivity index (χ2v) is 5.50. The molecule has 1 aliphatic carbocycles. The molecule has 0 amide bonds. The van der Waals surface area contributed by atoms with Crippen LogP contribution in [-0.2, 0) is 17.6 Å². The maximum atomic E-state index is 11.3. The van der Waals surface area contributed by atoms with Crippen LogP contribution in [0.2, 0.25) is 0 Å². The van der Waals surface area contributed by atoms with Crippen LogP contribution >= 0.6 is 0 Å². The zero-order valence-electron chi connectivity index (χ0n) is 11.5. The van der Waals surface area contributed by atoms with Crippen molar-refractivity contribution >= 4 is 11.8 Å². The fraction of sp³-hybridized carbons (Fsp3) is 0.600. The number of nitrogens with zero attached hydrogens (tertiary/aromatic N) is 1. The molecule has 2 aliphatic rings. The Hall–Kier alpha value is -1.62. The maximum absolute atomic E-state index is 11.3. The molecule has 1 atom stereocenters. The molecule has 0 aromatic carbocycles. The minimum absolute atomic E-state index is 0.290. The van der Waals surface area contributed by atoms with Gasteiger partial charge in [-0.25, -0.2) is 9.78 Å². The SMILES string of the molecule is O=C(O)c1cc2c(nc1NCCC1CCCO1)CCC2. The second kappa shape index (κ2) is 5.79. The molecule has 1 aliphatic heterocycles. The van der Waals surface area contributed by atoms with Crippen molar-refractivity contribution < 1.29 is 14.6 Å². The predicted octanol–water partition coefficient (Wildman–Crippen LogP) is 2.25. The lowest BCUT2D eigenvalue weighted by Gasteiger charge is -2.13. The quantitative estimate of drug-likeness (QED) is 0.863. The predicted molar refractivity (Wildman–Crippen MR) is 75.3 cm³/mol. The number of anilines is 1. The normalized spacial score (nSPS) is 20.9. The number of pyridine rings is 1. The smallest absolute Gasteiger partial charge is 0.339 e. The molecular weight excluding hydrogens is 256 g/mol. The number of rotatable bonds is 5. The van der Waals surface area contributed by atoms with Gasteiger partial charge in [-0.05, 0) is 50.2 Å². The molecule has 5 heteroatoms. The molecular formula is C15H20N2O3. The summed E-state index contributed by atoms with van der Waals surface area (Å²) in [6.07, 6.45) is 6.41. The van der Waals surface area contributed by atoms with Gasteiger partial charge in [-0.3, -0.25) is 0 Å². The summed E-state index contributed by atoms with van der Waals surface area (Å²) in [5.74, 6) is -0.400. The Morgan fingerprint density at radius 3 is 3.10 bits per heavy atom. The van der Waals surface area contributed by atoms with Crippen molar-refractivity contribution in [3.63, 3.8) is 0 Å². The van der Waals surface area contributed by atoms with Crippen LogP contribution in [0.3, 0.4) is 0 Å². The van der Waals surface area contributed by atoms with Gasteiger partial charge in [0.25, 0.3) is 0 Å². The van der Waals surface area contributed by atoms with E-state index in [0.717, 1.165) is 56.4 Å². The minimum Gasteiger partial charge on any atom is -0.478 e. The fourth-order valence-corrected chi connectivity index (χ4v) is 2.99. The Morgan fingerprint density at radius 1 is 1.45 bits per heavy atom. The Morgan fingerprint density at radius 2 is 2.35 bits per heavy atom. The van der Waals surface area contributed by atoms with Gasteiger partial charge in [0.05, 0.1) is 6.10 Å². The standard InChI is InChI=1S/C15H20N2O3/c18-15(19)12-9-10-3-1-5-13(10)17-14(12)16-7-6-11-4-2-8-20-11/h9,11H,1-8H2,(H,16,17)(H,18,19). The topological polar surface area (TPSA) is 71.5 Å². The number of nitrogens with one attached hydrogen (secondary N) is 1. The van der Waals surface area contributed by atoms with E-state index in [2.05, 4.69) is 10.3 Å². The molecule has 1 saturated heterocycles. The van der Waals surface area contributed by atoms with Crippen LogP contribution in [-0.4, -0.2) is 35.3 Å². The van der Waals surface area contributed by atoms with E-state index < -0.39 is 5.97 Å². The van der Waals surface area contributed by atoms with Crippen LogP contribution in [0.25, 0.3) is 0 Å². The van der Waals surface area contributed by atoms with Gasteiger partial charge in [-0.2, -0.15) is 0 Å². The second-order valence-electron chi connectivity index (χ2n) is 5.50. The third-order valence-corrected chi connectivity index (χ3v) is 4.06. The van der Waals surface area contributed by atoms with Gasteiger partial charge in [-0.15, -0.1) is 0 Å².